The summed E-state index contributed by atoms with van der Waals surface area (Å²) in [4.78, 5) is 1.15. The first-order valence-electron chi connectivity index (χ1n) is 6.00. The largest absolute Gasteiger partial charge is 0.399 e. The van der Waals surface area contributed by atoms with Gasteiger partial charge in [-0.2, -0.15) is 0 Å². The summed E-state index contributed by atoms with van der Waals surface area (Å²) in [6.45, 7) is 0.407. The zero-order valence-corrected chi connectivity index (χ0v) is 13.9. The van der Waals surface area contributed by atoms with E-state index >= 15 is 0 Å². The molecule has 1 aromatic carbocycles. The van der Waals surface area contributed by atoms with Crippen LogP contribution in [0.3, 0.4) is 0 Å². The molecule has 3 N–H and O–H groups in total. The second-order valence-corrected chi connectivity index (χ2v) is 8.71. The lowest BCUT2D eigenvalue weighted by atomic mass is 10.2. The van der Waals surface area contributed by atoms with Gasteiger partial charge in [0.1, 0.15) is 0 Å². The molecule has 0 saturated carbocycles. The highest BCUT2D eigenvalue weighted by atomic mass is 79.9. The molecule has 0 aliphatic rings. The van der Waals surface area contributed by atoms with Crippen molar-refractivity contribution in [3.05, 3.63) is 50.6 Å². The van der Waals surface area contributed by atoms with Crippen molar-refractivity contribution < 1.29 is 8.42 Å². The van der Waals surface area contributed by atoms with E-state index in [1.165, 1.54) is 0 Å². The molecule has 1 aromatic heterocycles. The number of rotatable bonds is 6. The SMILES string of the molecule is Nc1ccc(CS(=O)(=O)NCCc2ccc(Br)s2)cc1. The predicted molar refractivity (Wildman–Crippen MR) is 87.2 cm³/mol. The van der Waals surface area contributed by atoms with E-state index in [-0.39, 0.29) is 5.75 Å². The van der Waals surface area contributed by atoms with E-state index in [9.17, 15) is 8.42 Å². The standard InChI is InChI=1S/C13H15BrN2O2S2/c14-13-6-5-12(19-13)7-8-16-20(17,18)9-10-1-3-11(15)4-2-10/h1-6,16H,7-9,15H2. The summed E-state index contributed by atoms with van der Waals surface area (Å²) >= 11 is 5.00. The molecular weight excluding hydrogens is 360 g/mol. The molecule has 0 bridgehead atoms. The maximum Gasteiger partial charge on any atom is 0.215 e. The monoisotopic (exact) mass is 374 g/mol. The van der Waals surface area contributed by atoms with Crippen molar-refractivity contribution in [3.8, 4) is 0 Å². The molecule has 0 aliphatic carbocycles. The Balaban J connectivity index is 1.86. The molecule has 4 nitrogen and oxygen atoms in total. The van der Waals surface area contributed by atoms with Crippen molar-refractivity contribution in [2.24, 2.45) is 0 Å². The van der Waals surface area contributed by atoms with Gasteiger partial charge in [-0.1, -0.05) is 12.1 Å². The molecule has 0 spiro atoms. The van der Waals surface area contributed by atoms with Gasteiger partial charge in [-0.05, 0) is 52.2 Å². The van der Waals surface area contributed by atoms with Crippen LogP contribution in [0.5, 0.6) is 0 Å². The Hall–Kier alpha value is -0.890. The minimum absolute atomic E-state index is 0.0264. The van der Waals surface area contributed by atoms with Crippen molar-refractivity contribution in [3.63, 3.8) is 0 Å². The van der Waals surface area contributed by atoms with E-state index in [1.54, 1.807) is 35.6 Å². The van der Waals surface area contributed by atoms with Crippen LogP contribution in [0.25, 0.3) is 0 Å². The van der Waals surface area contributed by atoms with Gasteiger partial charge in [0, 0.05) is 17.1 Å². The van der Waals surface area contributed by atoms with Crippen LogP contribution in [-0.4, -0.2) is 15.0 Å². The van der Waals surface area contributed by atoms with Gasteiger partial charge in [-0.25, -0.2) is 13.1 Å². The minimum Gasteiger partial charge on any atom is -0.399 e. The molecular formula is C13H15BrN2O2S2. The summed E-state index contributed by atoms with van der Waals surface area (Å²) in [6, 6.07) is 10.8. The van der Waals surface area contributed by atoms with Gasteiger partial charge in [0.2, 0.25) is 10.0 Å². The number of halogens is 1. The van der Waals surface area contributed by atoms with Crippen LogP contribution in [0.15, 0.2) is 40.2 Å². The molecule has 0 aliphatic heterocycles. The zero-order chi connectivity index (χ0) is 14.6. The molecule has 0 radical (unpaired) electrons. The number of hydrogen-bond donors (Lipinski definition) is 2. The van der Waals surface area contributed by atoms with Crippen LogP contribution in [0.1, 0.15) is 10.4 Å². The number of benzene rings is 1. The summed E-state index contributed by atoms with van der Waals surface area (Å²) in [6.07, 6.45) is 0.692. The molecule has 7 heteroatoms. The van der Waals surface area contributed by atoms with E-state index in [1.807, 2.05) is 12.1 Å². The number of nitrogens with one attached hydrogen (secondary N) is 1. The topological polar surface area (TPSA) is 72.2 Å². The van der Waals surface area contributed by atoms with Crippen LogP contribution in [-0.2, 0) is 22.2 Å². The summed E-state index contributed by atoms with van der Waals surface area (Å²) in [5, 5.41) is 0. The Morgan fingerprint density at radius 2 is 1.85 bits per heavy atom. The fraction of sp³-hybridized carbons (Fsp3) is 0.231. The van der Waals surface area contributed by atoms with Crippen molar-refractivity contribution in [1.29, 1.82) is 0 Å². The van der Waals surface area contributed by atoms with Gasteiger partial charge >= 0.3 is 0 Å². The lowest BCUT2D eigenvalue weighted by molar-refractivity contribution is 0.581. The summed E-state index contributed by atoms with van der Waals surface area (Å²) < 4.78 is 27.5. The van der Waals surface area contributed by atoms with Crippen LogP contribution in [0, 0.1) is 0 Å². The van der Waals surface area contributed by atoms with E-state index in [4.69, 9.17) is 5.73 Å². The fourth-order valence-electron chi connectivity index (χ4n) is 1.70. The quantitative estimate of drug-likeness (QED) is 0.763. The van der Waals surface area contributed by atoms with Gasteiger partial charge in [-0.3, -0.25) is 0 Å². The van der Waals surface area contributed by atoms with E-state index in [0.717, 1.165) is 14.2 Å². The van der Waals surface area contributed by atoms with Gasteiger partial charge in [0.15, 0.2) is 0 Å². The Bertz CT molecular complexity index is 666. The zero-order valence-electron chi connectivity index (χ0n) is 10.7. The molecule has 0 saturated heterocycles. The van der Waals surface area contributed by atoms with Gasteiger partial charge in [0.25, 0.3) is 0 Å². The molecule has 2 aromatic rings. The summed E-state index contributed by atoms with van der Waals surface area (Å²) in [7, 11) is -3.31. The highest BCUT2D eigenvalue weighted by Crippen LogP contribution is 2.22. The second-order valence-electron chi connectivity index (χ2n) is 4.35. The predicted octanol–water partition coefficient (Wildman–Crippen LogP) is 2.75. The average molecular weight is 375 g/mol. The fourth-order valence-corrected chi connectivity index (χ4v) is 4.33. The van der Waals surface area contributed by atoms with Crippen molar-refractivity contribution in [2.45, 2.75) is 12.2 Å². The van der Waals surface area contributed by atoms with Crippen LogP contribution < -0.4 is 10.5 Å². The number of hydrogen-bond acceptors (Lipinski definition) is 4. The molecule has 0 amide bonds. The molecule has 108 valence electrons. The second kappa shape index (κ2) is 6.71. The van der Waals surface area contributed by atoms with E-state index in [2.05, 4.69) is 20.7 Å². The summed E-state index contributed by atoms with van der Waals surface area (Å²) in [5.41, 5.74) is 6.92. The van der Waals surface area contributed by atoms with Crippen molar-refractivity contribution >= 4 is 43.0 Å². The summed E-state index contributed by atoms with van der Waals surface area (Å²) in [5.74, 6) is -0.0264. The third-order valence-corrected chi connectivity index (χ3v) is 5.70. The molecule has 0 unspecified atom stereocenters. The van der Waals surface area contributed by atoms with Gasteiger partial charge < -0.3 is 5.73 Å². The smallest absolute Gasteiger partial charge is 0.215 e. The van der Waals surface area contributed by atoms with Crippen molar-refractivity contribution in [2.75, 3.05) is 12.3 Å². The third-order valence-electron chi connectivity index (χ3n) is 2.66. The maximum absolute atomic E-state index is 11.9. The number of nitrogens with two attached hydrogens (primary N) is 1. The first-order valence-corrected chi connectivity index (χ1v) is 9.27. The minimum atomic E-state index is -3.31. The maximum atomic E-state index is 11.9. The number of thiophene rings is 1. The highest BCUT2D eigenvalue weighted by Gasteiger charge is 2.11. The molecule has 20 heavy (non-hydrogen) atoms. The Labute approximate surface area is 131 Å². The number of sulfonamides is 1. The number of nitrogen functional groups attached to an aromatic ring is 1. The van der Waals surface area contributed by atoms with Crippen LogP contribution in [0.4, 0.5) is 5.69 Å². The third kappa shape index (κ3) is 4.90. The van der Waals surface area contributed by atoms with Gasteiger partial charge in [0.05, 0.1) is 9.54 Å². The van der Waals surface area contributed by atoms with Crippen LogP contribution >= 0.6 is 27.3 Å². The Morgan fingerprint density at radius 1 is 1.15 bits per heavy atom. The molecule has 0 atom stereocenters. The molecule has 0 fully saturated rings. The van der Waals surface area contributed by atoms with Gasteiger partial charge in [-0.15, -0.1) is 11.3 Å². The van der Waals surface area contributed by atoms with Crippen molar-refractivity contribution in [1.82, 2.24) is 4.72 Å². The molecule has 1 heterocycles. The number of anilines is 1. The lowest BCUT2D eigenvalue weighted by Gasteiger charge is -2.06. The average Bonchev–Trinajstić information content (AvgIpc) is 2.77. The highest BCUT2D eigenvalue weighted by molar-refractivity contribution is 9.11. The Kier molecular flexibility index (Phi) is 5.20. The first kappa shape index (κ1) is 15.5. The van der Waals surface area contributed by atoms with Crippen LogP contribution in [0.2, 0.25) is 0 Å². The molecule has 2 rings (SSSR count). The lowest BCUT2D eigenvalue weighted by Crippen LogP contribution is -2.27. The first-order chi connectivity index (χ1) is 9.44. The normalized spacial score (nSPS) is 11.7. The Morgan fingerprint density at radius 3 is 2.45 bits per heavy atom. The van der Waals surface area contributed by atoms with E-state index < -0.39 is 10.0 Å². The van der Waals surface area contributed by atoms with E-state index in [0.29, 0.717) is 18.7 Å².